The smallest absolute Gasteiger partial charge is 0.261 e. The summed E-state index contributed by atoms with van der Waals surface area (Å²) in [5, 5.41) is 3.60. The number of aromatic nitrogens is 2. The van der Waals surface area contributed by atoms with Crippen molar-refractivity contribution in [3.63, 3.8) is 0 Å². The van der Waals surface area contributed by atoms with Crippen LogP contribution in [0.5, 0.6) is 0 Å². The molecule has 0 unspecified atom stereocenters. The van der Waals surface area contributed by atoms with Crippen molar-refractivity contribution in [2.24, 2.45) is 0 Å². The van der Waals surface area contributed by atoms with Crippen LogP contribution in [0.1, 0.15) is 17.5 Å². The molecule has 1 amide bonds. The number of carbonyl (C=O) groups is 1. The second-order valence-corrected chi connectivity index (χ2v) is 8.02. The average Bonchev–Trinajstić information content (AvgIpc) is 3.23. The molecule has 1 N–H and O–H groups in total. The number of nitrogens with one attached hydrogen (secondary N) is 1. The molecule has 0 aliphatic carbocycles. The molecule has 1 aliphatic heterocycles. The van der Waals surface area contributed by atoms with Gasteiger partial charge in [0.05, 0.1) is 17.2 Å². The van der Waals surface area contributed by atoms with Crippen molar-refractivity contribution in [3.8, 4) is 0 Å². The molecule has 6 nitrogen and oxygen atoms in total. The SMILES string of the molecule is O=C(CCn1cnc2ccccc2c1=O)Nc1ccccc1CN1CCc2ccccc21. The van der Waals surface area contributed by atoms with Crippen molar-refractivity contribution < 1.29 is 4.79 Å². The molecule has 6 heteroatoms. The Morgan fingerprint density at radius 2 is 1.75 bits per heavy atom. The number of para-hydroxylation sites is 3. The molecule has 0 bridgehead atoms. The maximum Gasteiger partial charge on any atom is 0.261 e. The number of aryl methyl sites for hydroxylation is 1. The van der Waals surface area contributed by atoms with E-state index < -0.39 is 0 Å². The highest BCUT2D eigenvalue weighted by molar-refractivity contribution is 5.91. The maximum absolute atomic E-state index is 12.7. The molecule has 160 valence electrons. The largest absolute Gasteiger partial charge is 0.367 e. The first-order valence-electron chi connectivity index (χ1n) is 10.8. The minimum absolute atomic E-state index is 0.126. The predicted octanol–water partition coefficient (Wildman–Crippen LogP) is 3.99. The van der Waals surface area contributed by atoms with Crippen LogP contribution < -0.4 is 15.8 Å². The second-order valence-electron chi connectivity index (χ2n) is 8.02. The lowest BCUT2D eigenvalue weighted by Gasteiger charge is -2.21. The summed E-state index contributed by atoms with van der Waals surface area (Å²) in [5.41, 5.74) is 5.04. The summed E-state index contributed by atoms with van der Waals surface area (Å²) < 4.78 is 1.50. The summed E-state index contributed by atoms with van der Waals surface area (Å²) in [5.74, 6) is -0.126. The quantitative estimate of drug-likeness (QED) is 0.508. The lowest BCUT2D eigenvalue weighted by atomic mass is 10.1. The van der Waals surface area contributed by atoms with Crippen LogP contribution in [0.2, 0.25) is 0 Å². The van der Waals surface area contributed by atoms with Gasteiger partial charge in [0.2, 0.25) is 5.91 Å². The van der Waals surface area contributed by atoms with Crippen LogP contribution in [0.3, 0.4) is 0 Å². The Kier molecular flexibility index (Phi) is 5.42. The van der Waals surface area contributed by atoms with E-state index in [-0.39, 0.29) is 24.4 Å². The highest BCUT2D eigenvalue weighted by Gasteiger charge is 2.19. The van der Waals surface area contributed by atoms with Gasteiger partial charge in [0, 0.05) is 37.4 Å². The zero-order valence-electron chi connectivity index (χ0n) is 17.7. The minimum Gasteiger partial charge on any atom is -0.367 e. The van der Waals surface area contributed by atoms with Crippen LogP contribution in [0.4, 0.5) is 11.4 Å². The third-order valence-corrected chi connectivity index (χ3v) is 5.95. The number of nitrogens with zero attached hydrogens (tertiary/aromatic N) is 3. The highest BCUT2D eigenvalue weighted by atomic mass is 16.2. The molecule has 1 aliphatic rings. The molecule has 3 aromatic carbocycles. The first-order chi connectivity index (χ1) is 15.7. The molecular weight excluding hydrogens is 400 g/mol. The molecule has 0 spiro atoms. The van der Waals surface area contributed by atoms with E-state index in [4.69, 9.17) is 0 Å². The van der Waals surface area contributed by atoms with Gasteiger partial charge in [0.25, 0.3) is 5.56 Å². The Labute approximate surface area is 186 Å². The molecule has 5 rings (SSSR count). The Hall–Kier alpha value is -3.93. The summed E-state index contributed by atoms with van der Waals surface area (Å²) in [6.45, 7) is 1.99. The zero-order valence-corrected chi connectivity index (χ0v) is 17.7. The molecule has 4 aromatic rings. The van der Waals surface area contributed by atoms with E-state index in [2.05, 4.69) is 39.5 Å². The fraction of sp³-hybridized carbons (Fsp3) is 0.192. The third kappa shape index (κ3) is 3.99. The van der Waals surface area contributed by atoms with Crippen LogP contribution in [0.15, 0.2) is 83.9 Å². The summed E-state index contributed by atoms with van der Waals surface area (Å²) in [6.07, 6.45) is 2.75. The van der Waals surface area contributed by atoms with Crippen molar-refractivity contribution in [3.05, 3.63) is 101 Å². The van der Waals surface area contributed by atoms with E-state index >= 15 is 0 Å². The molecular formula is C26H24N4O2. The highest BCUT2D eigenvalue weighted by Crippen LogP contribution is 2.30. The van der Waals surface area contributed by atoms with Gasteiger partial charge in [-0.2, -0.15) is 0 Å². The number of hydrogen-bond acceptors (Lipinski definition) is 4. The normalized spacial score (nSPS) is 12.7. The van der Waals surface area contributed by atoms with Crippen LogP contribution in [0, 0.1) is 0 Å². The van der Waals surface area contributed by atoms with Gasteiger partial charge in [-0.25, -0.2) is 4.98 Å². The van der Waals surface area contributed by atoms with Gasteiger partial charge in [0.15, 0.2) is 0 Å². The molecule has 2 heterocycles. The Balaban J connectivity index is 1.27. The van der Waals surface area contributed by atoms with Crippen molar-refractivity contribution in [1.82, 2.24) is 9.55 Å². The van der Waals surface area contributed by atoms with Crippen LogP contribution in [0.25, 0.3) is 10.9 Å². The number of fused-ring (bicyclic) bond motifs is 2. The van der Waals surface area contributed by atoms with Crippen molar-refractivity contribution in [2.75, 3.05) is 16.8 Å². The van der Waals surface area contributed by atoms with Crippen molar-refractivity contribution in [2.45, 2.75) is 25.9 Å². The Morgan fingerprint density at radius 3 is 2.69 bits per heavy atom. The second kappa shape index (κ2) is 8.67. The lowest BCUT2D eigenvalue weighted by molar-refractivity contribution is -0.116. The molecule has 0 radical (unpaired) electrons. The van der Waals surface area contributed by atoms with E-state index in [1.54, 1.807) is 6.07 Å². The monoisotopic (exact) mass is 424 g/mol. The Morgan fingerprint density at radius 1 is 0.969 bits per heavy atom. The number of anilines is 2. The topological polar surface area (TPSA) is 67.2 Å². The summed E-state index contributed by atoms with van der Waals surface area (Å²) in [6, 6.07) is 23.6. The number of hydrogen-bond donors (Lipinski definition) is 1. The maximum atomic E-state index is 12.7. The van der Waals surface area contributed by atoms with Gasteiger partial charge in [0.1, 0.15) is 0 Å². The van der Waals surface area contributed by atoms with E-state index in [1.165, 1.54) is 22.1 Å². The molecule has 0 saturated carbocycles. The molecule has 1 aromatic heterocycles. The summed E-state index contributed by atoms with van der Waals surface area (Å²) in [7, 11) is 0. The molecule has 0 fully saturated rings. The number of rotatable bonds is 6. The van der Waals surface area contributed by atoms with Crippen LogP contribution in [-0.4, -0.2) is 22.0 Å². The molecule has 0 atom stereocenters. The van der Waals surface area contributed by atoms with Crippen molar-refractivity contribution >= 4 is 28.2 Å². The minimum atomic E-state index is -0.128. The summed E-state index contributed by atoms with van der Waals surface area (Å²) in [4.78, 5) is 32.0. The number of carbonyl (C=O) groups excluding carboxylic acids is 1. The first kappa shape index (κ1) is 20.0. The fourth-order valence-electron chi connectivity index (χ4n) is 4.26. The van der Waals surface area contributed by atoms with Gasteiger partial charge in [-0.05, 0) is 41.8 Å². The van der Waals surface area contributed by atoms with E-state index in [9.17, 15) is 9.59 Å². The van der Waals surface area contributed by atoms with Gasteiger partial charge in [-0.1, -0.05) is 48.5 Å². The van der Waals surface area contributed by atoms with Gasteiger partial charge in [-0.3, -0.25) is 14.2 Å². The summed E-state index contributed by atoms with van der Waals surface area (Å²) >= 11 is 0. The third-order valence-electron chi connectivity index (χ3n) is 5.95. The predicted molar refractivity (Wildman–Crippen MR) is 127 cm³/mol. The van der Waals surface area contributed by atoms with Gasteiger partial charge >= 0.3 is 0 Å². The van der Waals surface area contributed by atoms with Crippen LogP contribution in [-0.2, 0) is 24.3 Å². The standard InChI is InChI=1S/C26H24N4O2/c31-25(14-16-30-18-27-23-11-5-3-9-21(23)26(30)32)28-22-10-4-1-8-20(22)17-29-15-13-19-7-2-6-12-24(19)29/h1-12,18H,13-17H2,(H,28,31). The van der Waals surface area contributed by atoms with E-state index in [1.807, 2.05) is 42.5 Å². The Bertz CT molecular complexity index is 1340. The van der Waals surface area contributed by atoms with Gasteiger partial charge in [-0.15, -0.1) is 0 Å². The fourth-order valence-corrected chi connectivity index (χ4v) is 4.26. The van der Waals surface area contributed by atoms with Gasteiger partial charge < -0.3 is 10.2 Å². The lowest BCUT2D eigenvalue weighted by Crippen LogP contribution is -2.24. The number of benzene rings is 3. The van der Waals surface area contributed by atoms with Crippen LogP contribution >= 0.6 is 0 Å². The molecule has 32 heavy (non-hydrogen) atoms. The first-order valence-corrected chi connectivity index (χ1v) is 10.8. The van der Waals surface area contributed by atoms with E-state index in [0.717, 1.165) is 30.8 Å². The average molecular weight is 425 g/mol. The van der Waals surface area contributed by atoms with Crippen molar-refractivity contribution in [1.29, 1.82) is 0 Å². The number of amides is 1. The zero-order chi connectivity index (χ0) is 21.9. The molecule has 0 saturated heterocycles. The van der Waals surface area contributed by atoms with E-state index in [0.29, 0.717) is 10.9 Å².